The van der Waals surface area contributed by atoms with Gasteiger partial charge in [0.05, 0.1) is 6.07 Å². The first-order chi connectivity index (χ1) is 9.00. The van der Waals surface area contributed by atoms with E-state index in [0.717, 1.165) is 5.56 Å². The van der Waals surface area contributed by atoms with Gasteiger partial charge < -0.3 is 4.74 Å². The zero-order valence-electron chi connectivity index (χ0n) is 10.2. The molecule has 1 aliphatic rings. The Morgan fingerprint density at radius 3 is 2.79 bits per heavy atom. The minimum absolute atomic E-state index is 0.322. The first-order valence-electron chi connectivity index (χ1n) is 5.90. The second kappa shape index (κ2) is 5.49. The molecule has 1 aromatic rings. The van der Waals surface area contributed by atoms with Gasteiger partial charge in [-0.3, -0.25) is 4.90 Å². The predicted molar refractivity (Wildman–Crippen MR) is 62.4 cm³/mol. The molecule has 1 aromatic carbocycles. The van der Waals surface area contributed by atoms with Gasteiger partial charge in [-0.1, -0.05) is 18.2 Å². The number of nitrogens with zero attached hydrogens (tertiary/aromatic N) is 2. The van der Waals surface area contributed by atoms with Gasteiger partial charge in [-0.2, -0.15) is 18.4 Å². The largest absolute Gasteiger partial charge is 0.492 e. The maximum absolute atomic E-state index is 12.6. The average molecular weight is 270 g/mol. The summed E-state index contributed by atoms with van der Waals surface area (Å²) in [7, 11) is 0. The first-order valence-corrected chi connectivity index (χ1v) is 5.90. The third-order valence-electron chi connectivity index (χ3n) is 3.02. The number of ether oxygens (including phenoxy) is 1. The topological polar surface area (TPSA) is 36.3 Å². The number of benzene rings is 1. The summed E-state index contributed by atoms with van der Waals surface area (Å²) in [6.07, 6.45) is -4.48. The standard InChI is InChI=1S/C13H13F3N2O/c14-13(15,16)11(7-17)9-18-5-6-19-12-4-2-1-3-10(12)8-18/h1-4,11H,5-6,8-9H2. The highest BCUT2D eigenvalue weighted by atomic mass is 19.4. The van der Waals surface area contributed by atoms with Gasteiger partial charge in [0, 0.05) is 25.2 Å². The van der Waals surface area contributed by atoms with E-state index in [1.165, 1.54) is 6.07 Å². The molecule has 3 nitrogen and oxygen atoms in total. The highest BCUT2D eigenvalue weighted by Gasteiger charge is 2.41. The van der Waals surface area contributed by atoms with E-state index in [1.54, 1.807) is 11.0 Å². The molecule has 1 heterocycles. The molecule has 1 aliphatic heterocycles. The lowest BCUT2D eigenvalue weighted by molar-refractivity contribution is -0.163. The minimum Gasteiger partial charge on any atom is -0.492 e. The van der Waals surface area contributed by atoms with Crippen LogP contribution < -0.4 is 4.74 Å². The molecule has 0 N–H and O–H groups in total. The summed E-state index contributed by atoms with van der Waals surface area (Å²) >= 11 is 0. The molecular weight excluding hydrogens is 257 g/mol. The summed E-state index contributed by atoms with van der Waals surface area (Å²) in [5, 5.41) is 8.63. The zero-order chi connectivity index (χ0) is 13.9. The van der Waals surface area contributed by atoms with Crippen molar-refractivity contribution in [1.82, 2.24) is 4.90 Å². The molecule has 0 aliphatic carbocycles. The van der Waals surface area contributed by atoms with Gasteiger partial charge in [-0.15, -0.1) is 0 Å². The van der Waals surface area contributed by atoms with Gasteiger partial charge in [0.25, 0.3) is 0 Å². The molecule has 6 heteroatoms. The van der Waals surface area contributed by atoms with Crippen LogP contribution in [0.15, 0.2) is 24.3 Å². The summed E-state index contributed by atoms with van der Waals surface area (Å²) < 4.78 is 43.3. The first kappa shape index (κ1) is 13.7. The van der Waals surface area contributed by atoms with Gasteiger partial charge in [0.15, 0.2) is 5.92 Å². The van der Waals surface area contributed by atoms with E-state index in [2.05, 4.69) is 0 Å². The van der Waals surface area contributed by atoms with Crippen molar-refractivity contribution in [3.63, 3.8) is 0 Å². The van der Waals surface area contributed by atoms with E-state index in [0.29, 0.717) is 25.4 Å². The average Bonchev–Trinajstić information content (AvgIpc) is 2.56. The number of alkyl halides is 3. The summed E-state index contributed by atoms with van der Waals surface area (Å²) in [6, 6.07) is 8.58. The highest BCUT2D eigenvalue weighted by Crippen LogP contribution is 2.28. The highest BCUT2D eigenvalue weighted by molar-refractivity contribution is 5.33. The Balaban J connectivity index is 2.09. The van der Waals surface area contributed by atoms with Crippen LogP contribution in [0.1, 0.15) is 5.56 Å². The van der Waals surface area contributed by atoms with Crippen LogP contribution in [0.2, 0.25) is 0 Å². The molecular formula is C13H13F3N2O. The van der Waals surface area contributed by atoms with Gasteiger partial charge >= 0.3 is 6.18 Å². The predicted octanol–water partition coefficient (Wildman–Crippen LogP) is 2.58. The molecule has 0 radical (unpaired) electrons. The van der Waals surface area contributed by atoms with E-state index >= 15 is 0 Å². The second-order valence-corrected chi connectivity index (χ2v) is 4.41. The molecule has 0 spiro atoms. The Bertz CT molecular complexity index is 482. The molecule has 0 bridgehead atoms. The SMILES string of the molecule is N#CC(CN1CCOc2ccccc2C1)C(F)(F)F. The van der Waals surface area contributed by atoms with Crippen LogP contribution in [0.25, 0.3) is 0 Å². The Morgan fingerprint density at radius 1 is 1.37 bits per heavy atom. The van der Waals surface area contributed by atoms with Gasteiger partial charge in [0.1, 0.15) is 12.4 Å². The van der Waals surface area contributed by atoms with E-state index in [9.17, 15) is 13.2 Å². The van der Waals surface area contributed by atoms with Crippen molar-refractivity contribution in [2.75, 3.05) is 19.7 Å². The summed E-state index contributed by atoms with van der Waals surface area (Å²) in [4.78, 5) is 1.60. The number of hydrogen-bond donors (Lipinski definition) is 0. The summed E-state index contributed by atoms with van der Waals surface area (Å²) in [5.41, 5.74) is 0.846. The van der Waals surface area contributed by atoms with Crippen LogP contribution in [-0.2, 0) is 6.54 Å². The van der Waals surface area contributed by atoms with E-state index in [1.807, 2.05) is 18.2 Å². The third kappa shape index (κ3) is 3.38. The van der Waals surface area contributed by atoms with Crippen molar-refractivity contribution in [2.24, 2.45) is 5.92 Å². The monoisotopic (exact) mass is 270 g/mol. The fourth-order valence-corrected chi connectivity index (χ4v) is 2.01. The lowest BCUT2D eigenvalue weighted by Crippen LogP contribution is -2.36. The maximum Gasteiger partial charge on any atom is 0.405 e. The lowest BCUT2D eigenvalue weighted by atomic mass is 10.1. The van der Waals surface area contributed by atoms with Crippen LogP contribution in [0.3, 0.4) is 0 Å². The van der Waals surface area contributed by atoms with Gasteiger partial charge in [0.2, 0.25) is 0 Å². The quantitative estimate of drug-likeness (QED) is 0.828. The van der Waals surface area contributed by atoms with Crippen molar-refractivity contribution in [3.8, 4) is 11.8 Å². The second-order valence-electron chi connectivity index (χ2n) is 4.41. The van der Waals surface area contributed by atoms with Crippen molar-refractivity contribution in [2.45, 2.75) is 12.7 Å². The number of fused-ring (bicyclic) bond motifs is 1. The van der Waals surface area contributed by atoms with Crippen LogP contribution in [0.5, 0.6) is 5.75 Å². The molecule has 102 valence electrons. The smallest absolute Gasteiger partial charge is 0.405 e. The Labute approximate surface area is 109 Å². The number of nitriles is 1. The van der Waals surface area contributed by atoms with Crippen molar-refractivity contribution in [1.29, 1.82) is 5.26 Å². The third-order valence-corrected chi connectivity index (χ3v) is 3.02. The molecule has 2 rings (SSSR count). The Kier molecular flexibility index (Phi) is 3.96. The maximum atomic E-state index is 12.6. The summed E-state index contributed by atoms with van der Waals surface area (Å²) in [5.74, 6) is -1.26. The minimum atomic E-state index is -4.48. The molecule has 0 fully saturated rings. The molecule has 1 atom stereocenters. The van der Waals surface area contributed by atoms with Crippen LogP contribution in [0, 0.1) is 17.2 Å². The Morgan fingerprint density at radius 2 is 2.11 bits per heavy atom. The molecule has 0 saturated heterocycles. The van der Waals surface area contributed by atoms with Crippen molar-refractivity contribution in [3.05, 3.63) is 29.8 Å². The normalized spacial score (nSPS) is 17.8. The van der Waals surface area contributed by atoms with Crippen molar-refractivity contribution < 1.29 is 17.9 Å². The molecule has 19 heavy (non-hydrogen) atoms. The molecule has 1 unspecified atom stereocenters. The number of para-hydroxylation sites is 1. The van der Waals surface area contributed by atoms with E-state index in [-0.39, 0.29) is 6.54 Å². The van der Waals surface area contributed by atoms with E-state index in [4.69, 9.17) is 10.00 Å². The van der Waals surface area contributed by atoms with E-state index < -0.39 is 12.1 Å². The van der Waals surface area contributed by atoms with Crippen molar-refractivity contribution >= 4 is 0 Å². The fourth-order valence-electron chi connectivity index (χ4n) is 2.01. The van der Waals surface area contributed by atoms with Crippen LogP contribution in [0.4, 0.5) is 13.2 Å². The molecule has 0 amide bonds. The fraction of sp³-hybridized carbons (Fsp3) is 0.462. The number of hydrogen-bond acceptors (Lipinski definition) is 3. The molecule has 0 aromatic heterocycles. The number of halogens is 3. The zero-order valence-corrected chi connectivity index (χ0v) is 10.2. The Hall–Kier alpha value is -1.74. The van der Waals surface area contributed by atoms with Gasteiger partial charge in [-0.25, -0.2) is 0 Å². The molecule has 0 saturated carbocycles. The van der Waals surface area contributed by atoms with Gasteiger partial charge in [-0.05, 0) is 6.07 Å². The summed E-state index contributed by atoms with van der Waals surface area (Å²) in [6.45, 7) is 0.748. The van der Waals surface area contributed by atoms with Crippen LogP contribution >= 0.6 is 0 Å². The van der Waals surface area contributed by atoms with Crippen LogP contribution in [-0.4, -0.2) is 30.8 Å². The lowest BCUT2D eigenvalue weighted by Gasteiger charge is -2.23. The number of rotatable bonds is 2.